The molecule has 0 spiro atoms. The van der Waals surface area contributed by atoms with E-state index >= 15 is 0 Å². The standard InChI is InChI=1S/C20H27N3O4/c1-12(2)8-9-23-11-15-17(19(23)24)18(21-20(25)22(15)3)14-10-13(26-4)6-7-16(14)27-5/h6-7,10,12,18H,8-9,11H2,1-5H3,(H,21,25)/t18-/m0/s1. The second-order valence-electron chi connectivity index (χ2n) is 7.32. The van der Waals surface area contributed by atoms with Crippen LogP contribution in [0, 0.1) is 5.92 Å². The molecule has 146 valence electrons. The summed E-state index contributed by atoms with van der Waals surface area (Å²) in [6.45, 7) is 5.39. The van der Waals surface area contributed by atoms with Crippen LogP contribution in [-0.4, -0.2) is 56.1 Å². The Kier molecular flexibility index (Phi) is 5.30. The van der Waals surface area contributed by atoms with Gasteiger partial charge in [-0.25, -0.2) is 4.79 Å². The predicted octanol–water partition coefficient (Wildman–Crippen LogP) is 2.54. The maximum Gasteiger partial charge on any atom is 0.322 e. The Hall–Kier alpha value is -2.70. The number of carbonyl (C=O) groups is 2. The molecule has 0 bridgehead atoms. The molecular weight excluding hydrogens is 346 g/mol. The Balaban J connectivity index is 2.02. The maximum absolute atomic E-state index is 13.2. The Bertz CT molecular complexity index is 787. The van der Waals surface area contributed by atoms with Crippen molar-refractivity contribution in [2.45, 2.75) is 26.3 Å². The lowest BCUT2D eigenvalue weighted by Crippen LogP contribution is -2.45. The highest BCUT2D eigenvalue weighted by atomic mass is 16.5. The van der Waals surface area contributed by atoms with E-state index in [1.165, 1.54) is 4.90 Å². The van der Waals surface area contributed by atoms with E-state index < -0.39 is 6.04 Å². The highest BCUT2D eigenvalue weighted by Gasteiger charge is 2.43. The molecule has 1 N–H and O–H groups in total. The van der Waals surface area contributed by atoms with Crippen molar-refractivity contribution in [3.63, 3.8) is 0 Å². The van der Waals surface area contributed by atoms with E-state index in [1.807, 2.05) is 11.0 Å². The maximum atomic E-state index is 13.2. The number of hydrogen-bond donors (Lipinski definition) is 1. The van der Waals surface area contributed by atoms with Crippen LogP contribution in [0.5, 0.6) is 11.5 Å². The number of amides is 3. The normalized spacial score (nSPS) is 19.6. The Morgan fingerprint density at radius 1 is 1.22 bits per heavy atom. The van der Waals surface area contributed by atoms with Crippen molar-refractivity contribution < 1.29 is 19.1 Å². The number of ether oxygens (including phenoxy) is 2. The van der Waals surface area contributed by atoms with Gasteiger partial charge in [0, 0.05) is 19.2 Å². The van der Waals surface area contributed by atoms with E-state index in [4.69, 9.17) is 9.47 Å². The summed E-state index contributed by atoms with van der Waals surface area (Å²) >= 11 is 0. The number of urea groups is 1. The number of methoxy groups -OCH3 is 2. The zero-order valence-corrected chi connectivity index (χ0v) is 16.5. The quantitative estimate of drug-likeness (QED) is 0.832. The van der Waals surface area contributed by atoms with Gasteiger partial charge in [0.05, 0.1) is 38.1 Å². The molecule has 2 aliphatic heterocycles. The van der Waals surface area contributed by atoms with Crippen molar-refractivity contribution in [2.24, 2.45) is 5.92 Å². The molecule has 0 saturated heterocycles. The van der Waals surface area contributed by atoms with Crippen molar-refractivity contribution in [2.75, 3.05) is 34.4 Å². The molecule has 0 aromatic heterocycles. The molecule has 2 heterocycles. The van der Waals surface area contributed by atoms with Gasteiger partial charge in [-0.1, -0.05) is 13.8 Å². The third-order valence-corrected chi connectivity index (χ3v) is 5.16. The fourth-order valence-corrected chi connectivity index (χ4v) is 3.52. The molecule has 27 heavy (non-hydrogen) atoms. The van der Waals surface area contributed by atoms with E-state index in [0.29, 0.717) is 41.6 Å². The molecule has 1 aromatic carbocycles. The van der Waals surface area contributed by atoms with Gasteiger partial charge in [-0.15, -0.1) is 0 Å². The smallest absolute Gasteiger partial charge is 0.322 e. The molecule has 3 rings (SSSR count). The molecule has 0 radical (unpaired) electrons. The number of nitrogens with zero attached hydrogens (tertiary/aromatic N) is 2. The number of benzene rings is 1. The van der Waals surface area contributed by atoms with Gasteiger partial charge in [0.1, 0.15) is 11.5 Å². The van der Waals surface area contributed by atoms with Crippen LogP contribution >= 0.6 is 0 Å². The zero-order chi connectivity index (χ0) is 19.7. The second-order valence-corrected chi connectivity index (χ2v) is 7.32. The topological polar surface area (TPSA) is 71.1 Å². The molecule has 7 nitrogen and oxygen atoms in total. The fraction of sp³-hybridized carbons (Fsp3) is 0.500. The van der Waals surface area contributed by atoms with E-state index in [-0.39, 0.29) is 11.9 Å². The average Bonchev–Trinajstić information content (AvgIpc) is 2.99. The summed E-state index contributed by atoms with van der Waals surface area (Å²) in [5, 5.41) is 2.94. The van der Waals surface area contributed by atoms with Crippen LogP contribution < -0.4 is 14.8 Å². The summed E-state index contributed by atoms with van der Waals surface area (Å²) in [6, 6.07) is 4.59. The highest BCUT2D eigenvalue weighted by Crippen LogP contribution is 2.40. The van der Waals surface area contributed by atoms with Gasteiger partial charge in [-0.05, 0) is 30.5 Å². The number of carbonyl (C=O) groups excluding carboxylic acids is 2. The third kappa shape index (κ3) is 3.46. The van der Waals surface area contributed by atoms with Crippen LogP contribution in [0.15, 0.2) is 29.5 Å². The molecule has 2 aliphatic rings. The lowest BCUT2D eigenvalue weighted by Gasteiger charge is -2.31. The first kappa shape index (κ1) is 19.1. The van der Waals surface area contributed by atoms with E-state index in [0.717, 1.165) is 12.1 Å². The minimum atomic E-state index is -0.565. The summed E-state index contributed by atoms with van der Waals surface area (Å²) in [7, 11) is 4.85. The summed E-state index contributed by atoms with van der Waals surface area (Å²) < 4.78 is 10.8. The molecular formula is C20H27N3O4. The number of nitrogens with one attached hydrogen (secondary N) is 1. The van der Waals surface area contributed by atoms with Gasteiger partial charge in [-0.2, -0.15) is 0 Å². The van der Waals surface area contributed by atoms with Crippen LogP contribution in [0.1, 0.15) is 31.9 Å². The van der Waals surface area contributed by atoms with E-state index in [9.17, 15) is 9.59 Å². The molecule has 1 atom stereocenters. The summed E-state index contributed by atoms with van der Waals surface area (Å²) in [4.78, 5) is 29.0. The van der Waals surface area contributed by atoms with Crippen LogP contribution in [0.25, 0.3) is 0 Å². The van der Waals surface area contributed by atoms with Crippen LogP contribution in [0.2, 0.25) is 0 Å². The summed E-state index contributed by atoms with van der Waals surface area (Å²) in [5.41, 5.74) is 2.07. The number of hydrogen-bond acceptors (Lipinski definition) is 4. The van der Waals surface area contributed by atoms with Gasteiger partial charge in [0.2, 0.25) is 0 Å². The predicted molar refractivity (Wildman–Crippen MR) is 102 cm³/mol. The zero-order valence-electron chi connectivity index (χ0n) is 16.5. The van der Waals surface area contributed by atoms with Crippen molar-refractivity contribution in [1.29, 1.82) is 0 Å². The molecule has 7 heteroatoms. The van der Waals surface area contributed by atoms with Crippen molar-refractivity contribution >= 4 is 11.9 Å². The highest BCUT2D eigenvalue weighted by molar-refractivity contribution is 6.01. The van der Waals surface area contributed by atoms with Crippen molar-refractivity contribution in [3.05, 3.63) is 35.0 Å². The molecule has 1 aromatic rings. The van der Waals surface area contributed by atoms with Crippen molar-refractivity contribution in [3.8, 4) is 11.5 Å². The molecule has 0 fully saturated rings. The molecule has 0 unspecified atom stereocenters. The Morgan fingerprint density at radius 3 is 2.59 bits per heavy atom. The van der Waals surface area contributed by atoms with Gasteiger partial charge in [-0.3, -0.25) is 9.69 Å². The van der Waals surface area contributed by atoms with E-state index in [2.05, 4.69) is 19.2 Å². The van der Waals surface area contributed by atoms with E-state index in [1.54, 1.807) is 33.4 Å². The first-order valence-corrected chi connectivity index (χ1v) is 9.15. The van der Waals surface area contributed by atoms with Crippen LogP contribution in [0.3, 0.4) is 0 Å². The van der Waals surface area contributed by atoms with Gasteiger partial charge >= 0.3 is 6.03 Å². The lowest BCUT2D eigenvalue weighted by molar-refractivity contribution is -0.125. The lowest BCUT2D eigenvalue weighted by atomic mass is 9.94. The van der Waals surface area contributed by atoms with Crippen molar-refractivity contribution in [1.82, 2.24) is 15.1 Å². The minimum absolute atomic E-state index is 0.0348. The monoisotopic (exact) mass is 373 g/mol. The third-order valence-electron chi connectivity index (χ3n) is 5.16. The first-order valence-electron chi connectivity index (χ1n) is 9.15. The van der Waals surface area contributed by atoms with Gasteiger partial charge < -0.3 is 19.7 Å². The van der Waals surface area contributed by atoms with Gasteiger partial charge in [0.25, 0.3) is 5.91 Å². The fourth-order valence-electron chi connectivity index (χ4n) is 3.52. The average molecular weight is 373 g/mol. The largest absolute Gasteiger partial charge is 0.497 e. The van der Waals surface area contributed by atoms with Crippen LogP contribution in [-0.2, 0) is 4.79 Å². The molecule has 3 amide bonds. The SMILES string of the molecule is COc1ccc(OC)c([C@@H]2NC(=O)N(C)C3=C2C(=O)N(CCC(C)C)C3)c1. The Morgan fingerprint density at radius 2 is 1.96 bits per heavy atom. The number of rotatable bonds is 6. The summed E-state index contributed by atoms with van der Waals surface area (Å²) in [6.07, 6.45) is 0.921. The number of likely N-dealkylation sites (N-methyl/N-ethyl adjacent to an activating group) is 1. The molecule has 0 saturated carbocycles. The Labute approximate surface area is 159 Å². The van der Waals surface area contributed by atoms with Crippen LogP contribution in [0.4, 0.5) is 4.79 Å². The summed E-state index contributed by atoms with van der Waals surface area (Å²) in [5.74, 6) is 1.71. The van der Waals surface area contributed by atoms with Gasteiger partial charge in [0.15, 0.2) is 0 Å². The molecule has 0 aliphatic carbocycles. The minimum Gasteiger partial charge on any atom is -0.497 e. The second kappa shape index (κ2) is 7.50. The first-order chi connectivity index (χ1) is 12.9.